The van der Waals surface area contributed by atoms with E-state index in [1.165, 1.54) is 4.90 Å². The number of fused-ring (bicyclic) bond motifs is 1. The third kappa shape index (κ3) is 4.32. The molecule has 9 heteroatoms. The molecule has 0 saturated carbocycles. The van der Waals surface area contributed by atoms with Gasteiger partial charge in [0.15, 0.2) is 5.60 Å². The summed E-state index contributed by atoms with van der Waals surface area (Å²) < 4.78 is 44.5. The van der Waals surface area contributed by atoms with Crippen LogP contribution in [-0.4, -0.2) is 24.0 Å². The van der Waals surface area contributed by atoms with Gasteiger partial charge < -0.3 is 10.1 Å². The molecule has 0 aliphatic carbocycles. The molecule has 0 atom stereocenters. The lowest BCUT2D eigenvalue weighted by molar-refractivity contribution is -0.137. The summed E-state index contributed by atoms with van der Waals surface area (Å²) in [6, 6.07) is 7.85. The van der Waals surface area contributed by atoms with Crippen molar-refractivity contribution in [1.82, 2.24) is 0 Å². The number of halogens is 4. The van der Waals surface area contributed by atoms with E-state index in [0.29, 0.717) is 11.4 Å². The molecule has 1 N–H and O–H groups in total. The summed E-state index contributed by atoms with van der Waals surface area (Å²) in [5, 5.41) is 2.31. The van der Waals surface area contributed by atoms with Crippen LogP contribution in [0.1, 0.15) is 25.0 Å². The summed E-state index contributed by atoms with van der Waals surface area (Å²) in [6.45, 7) is 4.57. The van der Waals surface area contributed by atoms with Crippen molar-refractivity contribution in [3.8, 4) is 5.75 Å². The highest BCUT2D eigenvalue weighted by Crippen LogP contribution is 2.38. The minimum atomic E-state index is -4.58. The Kier molecular flexibility index (Phi) is 5.25. The number of hydrogen-bond donors (Lipinski definition) is 1. The zero-order valence-corrected chi connectivity index (χ0v) is 16.6. The van der Waals surface area contributed by atoms with Crippen molar-refractivity contribution in [2.45, 2.75) is 32.5 Å². The lowest BCUT2D eigenvalue weighted by atomic mass is 10.0. The normalized spacial score (nSPS) is 15.6. The van der Waals surface area contributed by atoms with Crippen molar-refractivity contribution in [2.75, 3.05) is 16.8 Å². The standard InChI is InChI=1S/C20H18ClF3N2O3/c1-11-4-7-16-15(8-11)26(18(28)19(2,3)29-16)10-17(27)25-14-9-12(20(22,23)24)5-6-13(14)21/h4-9H,10H2,1-3H3,(H,25,27). The molecule has 0 saturated heterocycles. The maximum absolute atomic E-state index is 12.9. The highest BCUT2D eigenvalue weighted by Gasteiger charge is 2.41. The number of anilines is 2. The summed E-state index contributed by atoms with van der Waals surface area (Å²) in [5.74, 6) is -0.698. The summed E-state index contributed by atoms with van der Waals surface area (Å²) in [5.41, 5.74) is -1.06. The molecule has 0 spiro atoms. The maximum atomic E-state index is 12.9. The minimum absolute atomic E-state index is 0.0452. The molecule has 1 heterocycles. The summed E-state index contributed by atoms with van der Waals surface area (Å²) in [7, 11) is 0. The number of hydrogen-bond acceptors (Lipinski definition) is 3. The fraction of sp³-hybridized carbons (Fsp3) is 0.300. The molecule has 2 amide bonds. The van der Waals surface area contributed by atoms with Gasteiger partial charge in [0.1, 0.15) is 12.3 Å². The molecule has 0 aromatic heterocycles. The van der Waals surface area contributed by atoms with Crippen molar-refractivity contribution < 1.29 is 27.5 Å². The predicted octanol–water partition coefficient (Wildman–Crippen LogP) is 4.81. The molecule has 29 heavy (non-hydrogen) atoms. The number of nitrogens with one attached hydrogen (secondary N) is 1. The Morgan fingerprint density at radius 1 is 1.21 bits per heavy atom. The second-order valence-corrected chi connectivity index (χ2v) is 7.62. The number of carbonyl (C=O) groups excluding carboxylic acids is 2. The van der Waals surface area contributed by atoms with E-state index in [0.717, 1.165) is 23.8 Å². The third-order valence-electron chi connectivity index (χ3n) is 4.40. The van der Waals surface area contributed by atoms with Crippen molar-refractivity contribution in [3.63, 3.8) is 0 Å². The second-order valence-electron chi connectivity index (χ2n) is 7.22. The van der Waals surface area contributed by atoms with Crippen molar-refractivity contribution in [3.05, 3.63) is 52.5 Å². The van der Waals surface area contributed by atoms with E-state index >= 15 is 0 Å². The Morgan fingerprint density at radius 3 is 2.55 bits per heavy atom. The van der Waals surface area contributed by atoms with Gasteiger partial charge in [0.25, 0.3) is 5.91 Å². The molecule has 1 aliphatic heterocycles. The fourth-order valence-electron chi connectivity index (χ4n) is 2.97. The number of carbonyl (C=O) groups is 2. The van der Waals surface area contributed by atoms with E-state index in [4.69, 9.17) is 16.3 Å². The molecule has 0 unspecified atom stereocenters. The largest absolute Gasteiger partial charge is 0.476 e. The van der Waals surface area contributed by atoms with Gasteiger partial charge in [-0.05, 0) is 56.7 Å². The monoisotopic (exact) mass is 426 g/mol. The minimum Gasteiger partial charge on any atom is -0.476 e. The first kappa shape index (κ1) is 21.0. The Bertz CT molecular complexity index is 989. The first-order valence-corrected chi connectivity index (χ1v) is 9.04. The van der Waals surface area contributed by atoms with Crippen LogP contribution in [0.15, 0.2) is 36.4 Å². The van der Waals surface area contributed by atoms with E-state index in [-0.39, 0.29) is 10.7 Å². The maximum Gasteiger partial charge on any atom is 0.416 e. The number of ether oxygens (including phenoxy) is 1. The van der Waals surface area contributed by atoms with Gasteiger partial charge in [-0.2, -0.15) is 13.2 Å². The van der Waals surface area contributed by atoms with E-state index < -0.39 is 35.7 Å². The lowest BCUT2D eigenvalue weighted by Gasteiger charge is -2.38. The van der Waals surface area contributed by atoms with Crippen molar-refractivity contribution in [2.24, 2.45) is 0 Å². The molecule has 154 valence electrons. The van der Waals surface area contributed by atoms with Crippen LogP contribution in [0.25, 0.3) is 0 Å². The molecule has 1 aliphatic rings. The molecule has 3 rings (SSSR count). The van der Waals surface area contributed by atoms with Gasteiger partial charge in [0, 0.05) is 0 Å². The second kappa shape index (κ2) is 7.26. The van der Waals surface area contributed by atoms with Crippen LogP contribution in [0.4, 0.5) is 24.5 Å². The zero-order chi connectivity index (χ0) is 21.6. The van der Waals surface area contributed by atoms with E-state index in [1.54, 1.807) is 26.0 Å². The van der Waals surface area contributed by atoms with Crippen LogP contribution in [-0.2, 0) is 15.8 Å². The number of rotatable bonds is 3. The smallest absolute Gasteiger partial charge is 0.416 e. The topological polar surface area (TPSA) is 58.6 Å². The number of nitrogens with zero attached hydrogens (tertiary/aromatic N) is 1. The van der Waals surface area contributed by atoms with Crippen LogP contribution in [0.5, 0.6) is 5.75 Å². The Balaban J connectivity index is 1.88. The Morgan fingerprint density at radius 2 is 1.90 bits per heavy atom. The number of benzene rings is 2. The summed E-state index contributed by atoms with van der Waals surface area (Å²) >= 11 is 5.93. The van der Waals surface area contributed by atoms with Gasteiger partial charge >= 0.3 is 6.18 Å². The lowest BCUT2D eigenvalue weighted by Crippen LogP contribution is -2.54. The van der Waals surface area contributed by atoms with Crippen LogP contribution < -0.4 is 15.0 Å². The summed E-state index contributed by atoms with van der Waals surface area (Å²) in [4.78, 5) is 26.6. The van der Waals surface area contributed by atoms with Crippen molar-refractivity contribution in [1.29, 1.82) is 0 Å². The quantitative estimate of drug-likeness (QED) is 0.766. The zero-order valence-electron chi connectivity index (χ0n) is 15.9. The van der Waals surface area contributed by atoms with Crippen molar-refractivity contribution >= 4 is 34.8 Å². The van der Waals surface area contributed by atoms with Gasteiger partial charge in [0.05, 0.1) is 22.0 Å². The number of aryl methyl sites for hydroxylation is 1. The first-order chi connectivity index (χ1) is 13.4. The average molecular weight is 427 g/mol. The Labute approximate surface area is 170 Å². The first-order valence-electron chi connectivity index (χ1n) is 8.67. The van der Waals surface area contributed by atoms with Gasteiger partial charge in [-0.1, -0.05) is 17.7 Å². The van der Waals surface area contributed by atoms with Gasteiger partial charge in [-0.3, -0.25) is 14.5 Å². The molecular formula is C20H18ClF3N2O3. The van der Waals surface area contributed by atoms with Crippen LogP contribution in [0.2, 0.25) is 5.02 Å². The SMILES string of the molecule is Cc1ccc2c(c1)N(CC(=O)Nc1cc(C(F)(F)F)ccc1Cl)C(=O)C(C)(C)O2. The summed E-state index contributed by atoms with van der Waals surface area (Å²) in [6.07, 6.45) is -4.58. The fourth-order valence-corrected chi connectivity index (χ4v) is 3.13. The Hall–Kier alpha value is -2.74. The van der Waals surface area contributed by atoms with Gasteiger partial charge in [-0.15, -0.1) is 0 Å². The highest BCUT2D eigenvalue weighted by molar-refractivity contribution is 6.33. The van der Waals surface area contributed by atoms with Crippen LogP contribution in [0, 0.1) is 6.92 Å². The third-order valence-corrected chi connectivity index (χ3v) is 4.73. The molecular weight excluding hydrogens is 409 g/mol. The molecule has 2 aromatic rings. The van der Waals surface area contributed by atoms with Gasteiger partial charge in [0.2, 0.25) is 5.91 Å². The van der Waals surface area contributed by atoms with Gasteiger partial charge in [-0.25, -0.2) is 0 Å². The van der Waals surface area contributed by atoms with E-state index in [1.807, 2.05) is 13.0 Å². The van der Waals surface area contributed by atoms with E-state index in [9.17, 15) is 22.8 Å². The molecule has 5 nitrogen and oxygen atoms in total. The molecule has 0 fully saturated rings. The van der Waals surface area contributed by atoms with Crippen LogP contribution >= 0.6 is 11.6 Å². The highest BCUT2D eigenvalue weighted by atomic mass is 35.5. The van der Waals surface area contributed by atoms with E-state index in [2.05, 4.69) is 5.32 Å². The number of alkyl halides is 3. The molecule has 0 radical (unpaired) electrons. The molecule has 2 aromatic carbocycles. The molecule has 0 bridgehead atoms. The average Bonchev–Trinajstić information content (AvgIpc) is 2.60. The predicted molar refractivity (Wildman–Crippen MR) is 103 cm³/mol. The number of amides is 2. The van der Waals surface area contributed by atoms with Crippen LogP contribution in [0.3, 0.4) is 0 Å².